The summed E-state index contributed by atoms with van der Waals surface area (Å²) in [5.74, 6) is -0.952. The second-order valence-corrected chi connectivity index (χ2v) is 7.42. The van der Waals surface area contributed by atoms with Gasteiger partial charge in [-0.25, -0.2) is 4.79 Å². The van der Waals surface area contributed by atoms with Gasteiger partial charge in [-0.3, -0.25) is 9.59 Å². The minimum Gasteiger partial charge on any atom is -0.449 e. The number of benzene rings is 1. The van der Waals surface area contributed by atoms with E-state index in [9.17, 15) is 14.4 Å². The van der Waals surface area contributed by atoms with Crippen molar-refractivity contribution in [2.75, 3.05) is 0 Å². The highest BCUT2D eigenvalue weighted by molar-refractivity contribution is 6.31. The van der Waals surface area contributed by atoms with Gasteiger partial charge < -0.3 is 14.6 Å². The molecule has 1 amide bonds. The van der Waals surface area contributed by atoms with Crippen molar-refractivity contribution < 1.29 is 14.3 Å². The van der Waals surface area contributed by atoms with Crippen molar-refractivity contribution in [3.05, 3.63) is 69.1 Å². The number of hydrogen-bond donors (Lipinski definition) is 1. The molecule has 28 heavy (non-hydrogen) atoms. The summed E-state index contributed by atoms with van der Waals surface area (Å²) in [4.78, 5) is 36.8. The first-order chi connectivity index (χ1) is 13.4. The summed E-state index contributed by atoms with van der Waals surface area (Å²) in [6.07, 6.45) is 4.64. The van der Waals surface area contributed by atoms with E-state index in [1.54, 1.807) is 19.1 Å². The molecule has 1 fully saturated rings. The number of nitrogens with zero attached hydrogens (tertiary/aromatic N) is 1. The zero-order chi connectivity index (χ0) is 20.1. The van der Waals surface area contributed by atoms with Crippen LogP contribution in [0.4, 0.5) is 0 Å². The quantitative estimate of drug-likeness (QED) is 0.753. The second kappa shape index (κ2) is 9.06. The highest BCUT2D eigenvalue weighted by Crippen LogP contribution is 2.18. The van der Waals surface area contributed by atoms with Gasteiger partial charge in [0.15, 0.2) is 6.10 Å². The van der Waals surface area contributed by atoms with E-state index in [1.807, 2.05) is 12.1 Å². The predicted octanol–water partition coefficient (Wildman–Crippen LogP) is 3.15. The van der Waals surface area contributed by atoms with E-state index in [2.05, 4.69) is 5.32 Å². The lowest BCUT2D eigenvalue weighted by Gasteiger charge is -2.17. The maximum atomic E-state index is 12.4. The van der Waals surface area contributed by atoms with Crippen LogP contribution in [0.2, 0.25) is 5.02 Å². The Balaban J connectivity index is 1.67. The Morgan fingerprint density at radius 3 is 2.64 bits per heavy atom. The number of aromatic nitrogens is 1. The number of halogens is 1. The highest BCUT2D eigenvalue weighted by Gasteiger charge is 2.23. The summed E-state index contributed by atoms with van der Waals surface area (Å²) in [5.41, 5.74) is 0.705. The van der Waals surface area contributed by atoms with E-state index in [0.29, 0.717) is 5.02 Å². The van der Waals surface area contributed by atoms with Gasteiger partial charge in [-0.05, 0) is 37.5 Å². The average Bonchev–Trinajstić information content (AvgIpc) is 3.18. The lowest BCUT2D eigenvalue weighted by molar-refractivity contribution is -0.129. The molecule has 2 aromatic rings. The third-order valence-corrected chi connectivity index (χ3v) is 5.24. The molecule has 1 aliphatic carbocycles. The molecule has 7 heteroatoms. The fraction of sp³-hybridized carbons (Fsp3) is 0.381. The molecule has 1 aromatic carbocycles. The Bertz CT molecular complexity index is 919. The maximum absolute atomic E-state index is 12.4. The number of nitrogens with one attached hydrogen (secondary N) is 1. The Hall–Kier alpha value is -2.60. The van der Waals surface area contributed by atoms with Gasteiger partial charge in [0.2, 0.25) is 0 Å². The summed E-state index contributed by atoms with van der Waals surface area (Å²) in [7, 11) is 0. The summed E-state index contributed by atoms with van der Waals surface area (Å²) < 4.78 is 6.67. The summed E-state index contributed by atoms with van der Waals surface area (Å²) in [6, 6.07) is 10.0. The SMILES string of the molecule is CC(OC(=O)c1ccc(=O)n(Cc2ccccc2Cl)c1)C(=O)NC1CCCC1. The van der Waals surface area contributed by atoms with Crippen molar-refractivity contribution in [1.29, 1.82) is 0 Å². The van der Waals surface area contributed by atoms with Crippen molar-refractivity contribution >= 4 is 23.5 Å². The number of pyridine rings is 1. The van der Waals surface area contributed by atoms with Crippen molar-refractivity contribution in [2.24, 2.45) is 0 Å². The topological polar surface area (TPSA) is 77.4 Å². The van der Waals surface area contributed by atoms with Gasteiger partial charge in [0.05, 0.1) is 12.1 Å². The fourth-order valence-corrected chi connectivity index (χ4v) is 3.45. The monoisotopic (exact) mass is 402 g/mol. The van der Waals surface area contributed by atoms with Crippen molar-refractivity contribution in [1.82, 2.24) is 9.88 Å². The molecule has 0 radical (unpaired) electrons. The average molecular weight is 403 g/mol. The van der Waals surface area contributed by atoms with Crippen LogP contribution in [0.15, 0.2) is 47.4 Å². The highest BCUT2D eigenvalue weighted by atomic mass is 35.5. The Labute approximate surface area is 168 Å². The van der Waals surface area contributed by atoms with Crippen molar-refractivity contribution in [3.8, 4) is 0 Å². The lowest BCUT2D eigenvalue weighted by Crippen LogP contribution is -2.41. The van der Waals surface area contributed by atoms with Crippen LogP contribution in [0.25, 0.3) is 0 Å². The number of esters is 1. The number of ether oxygens (including phenoxy) is 1. The Morgan fingerprint density at radius 1 is 1.21 bits per heavy atom. The van der Waals surface area contributed by atoms with Crippen LogP contribution < -0.4 is 10.9 Å². The first-order valence-electron chi connectivity index (χ1n) is 9.39. The molecule has 0 aliphatic heterocycles. The summed E-state index contributed by atoms with van der Waals surface area (Å²) in [6.45, 7) is 1.78. The number of carbonyl (C=O) groups is 2. The summed E-state index contributed by atoms with van der Waals surface area (Å²) >= 11 is 6.15. The maximum Gasteiger partial charge on any atom is 0.340 e. The van der Waals surface area contributed by atoms with Gasteiger partial charge in [0.1, 0.15) is 0 Å². The Kier molecular flexibility index (Phi) is 6.52. The van der Waals surface area contributed by atoms with Crippen LogP contribution >= 0.6 is 11.6 Å². The molecule has 1 aliphatic rings. The minimum absolute atomic E-state index is 0.158. The normalized spacial score (nSPS) is 15.2. The van der Waals surface area contributed by atoms with Gasteiger partial charge in [-0.1, -0.05) is 42.6 Å². The number of hydrogen-bond acceptors (Lipinski definition) is 4. The van der Waals surface area contributed by atoms with Crippen LogP contribution in [0.3, 0.4) is 0 Å². The molecule has 1 N–H and O–H groups in total. The first kappa shape index (κ1) is 20.1. The van der Waals surface area contributed by atoms with E-state index in [0.717, 1.165) is 31.2 Å². The second-order valence-electron chi connectivity index (χ2n) is 7.01. The van der Waals surface area contributed by atoms with E-state index in [-0.39, 0.29) is 29.6 Å². The largest absolute Gasteiger partial charge is 0.449 e. The molecule has 1 unspecified atom stereocenters. The fourth-order valence-electron chi connectivity index (χ4n) is 3.26. The predicted molar refractivity (Wildman–Crippen MR) is 107 cm³/mol. The molecule has 6 nitrogen and oxygen atoms in total. The third kappa shape index (κ3) is 5.01. The van der Waals surface area contributed by atoms with Crippen LogP contribution in [0, 0.1) is 0 Å². The van der Waals surface area contributed by atoms with E-state index < -0.39 is 12.1 Å². The van der Waals surface area contributed by atoms with Gasteiger partial charge in [-0.2, -0.15) is 0 Å². The van der Waals surface area contributed by atoms with E-state index >= 15 is 0 Å². The molecule has 1 heterocycles. The molecule has 0 spiro atoms. The van der Waals surface area contributed by atoms with Gasteiger partial charge in [0.25, 0.3) is 11.5 Å². The van der Waals surface area contributed by atoms with Crippen LogP contribution in [0.1, 0.15) is 48.5 Å². The minimum atomic E-state index is -0.906. The molecule has 1 aromatic heterocycles. The third-order valence-electron chi connectivity index (χ3n) is 4.87. The molecule has 1 atom stereocenters. The molecule has 148 valence electrons. The number of carbonyl (C=O) groups excluding carboxylic acids is 2. The molecule has 0 bridgehead atoms. The lowest BCUT2D eigenvalue weighted by atomic mass is 10.2. The Morgan fingerprint density at radius 2 is 1.93 bits per heavy atom. The van der Waals surface area contributed by atoms with E-state index in [4.69, 9.17) is 16.3 Å². The zero-order valence-corrected chi connectivity index (χ0v) is 16.4. The standard InChI is InChI=1S/C21H23ClN2O4/c1-14(20(26)23-17-7-3-4-8-17)28-21(27)16-10-11-19(25)24(13-16)12-15-6-2-5-9-18(15)22/h2,5-6,9-11,13-14,17H,3-4,7-8,12H2,1H3,(H,23,26). The molecule has 0 saturated heterocycles. The van der Waals surface area contributed by atoms with Gasteiger partial charge >= 0.3 is 5.97 Å². The van der Waals surface area contributed by atoms with Gasteiger partial charge in [-0.15, -0.1) is 0 Å². The number of amides is 1. The molecule has 1 saturated carbocycles. The van der Waals surface area contributed by atoms with Crippen molar-refractivity contribution in [3.63, 3.8) is 0 Å². The summed E-state index contributed by atoms with van der Waals surface area (Å²) in [5, 5.41) is 3.45. The molecular formula is C21H23ClN2O4. The first-order valence-corrected chi connectivity index (χ1v) is 9.77. The zero-order valence-electron chi connectivity index (χ0n) is 15.7. The van der Waals surface area contributed by atoms with Crippen LogP contribution in [-0.4, -0.2) is 28.6 Å². The van der Waals surface area contributed by atoms with E-state index in [1.165, 1.54) is 22.9 Å². The molecule has 3 rings (SSSR count). The van der Waals surface area contributed by atoms with Crippen LogP contribution in [0.5, 0.6) is 0 Å². The smallest absolute Gasteiger partial charge is 0.340 e. The number of rotatable bonds is 6. The van der Waals surface area contributed by atoms with Crippen molar-refractivity contribution in [2.45, 2.75) is 51.3 Å². The molecular weight excluding hydrogens is 380 g/mol. The van der Waals surface area contributed by atoms with Crippen LogP contribution in [-0.2, 0) is 16.1 Å². The van der Waals surface area contributed by atoms with Gasteiger partial charge in [0, 0.05) is 23.3 Å².